The highest BCUT2D eigenvalue weighted by atomic mass is 32.1. The Morgan fingerprint density at radius 2 is 2.19 bits per heavy atom. The Morgan fingerprint density at radius 1 is 1.42 bits per heavy atom. The lowest BCUT2D eigenvalue weighted by molar-refractivity contribution is -0.471. The summed E-state index contributed by atoms with van der Waals surface area (Å²) in [7, 11) is 0. The molecule has 1 aliphatic carbocycles. The molecular weight excluding hydrogens is 362 g/mol. The summed E-state index contributed by atoms with van der Waals surface area (Å²) in [6.07, 6.45) is -0.748. The first-order chi connectivity index (χ1) is 12.6. The molecule has 0 saturated heterocycles. The smallest absolute Gasteiger partial charge is 0.278 e. The Morgan fingerprint density at radius 3 is 2.85 bits per heavy atom. The third-order valence-corrected chi connectivity index (χ3v) is 4.83. The molecule has 0 aliphatic heterocycles. The second-order valence-electron chi connectivity index (χ2n) is 5.72. The summed E-state index contributed by atoms with van der Waals surface area (Å²) < 4.78 is 24.9. The van der Waals surface area contributed by atoms with Crippen molar-refractivity contribution in [3.8, 4) is 10.6 Å². The minimum absolute atomic E-state index is 0.0716. The van der Waals surface area contributed by atoms with Crippen LogP contribution in [0.3, 0.4) is 0 Å². The highest BCUT2D eigenvalue weighted by molar-refractivity contribution is 7.14. The van der Waals surface area contributed by atoms with Gasteiger partial charge in [-0.3, -0.25) is 4.79 Å². The summed E-state index contributed by atoms with van der Waals surface area (Å²) in [5, 5.41) is 15.5. The molecule has 1 aliphatic rings. The summed E-state index contributed by atoms with van der Waals surface area (Å²) >= 11 is 1.36. The zero-order chi connectivity index (χ0) is 18.5. The second-order valence-corrected chi connectivity index (χ2v) is 6.78. The number of hydrogen-bond donors (Lipinski definition) is 3. The van der Waals surface area contributed by atoms with E-state index in [1.54, 1.807) is 0 Å². The Kier molecular flexibility index (Phi) is 5.61. The van der Waals surface area contributed by atoms with E-state index in [4.69, 9.17) is 5.84 Å². The number of halogens is 2. The predicted molar refractivity (Wildman–Crippen MR) is 93.7 cm³/mol. The summed E-state index contributed by atoms with van der Waals surface area (Å²) in [4.78, 5) is 14.8. The van der Waals surface area contributed by atoms with Gasteiger partial charge in [0.1, 0.15) is 10.0 Å². The van der Waals surface area contributed by atoms with Crippen LogP contribution in [0.25, 0.3) is 10.6 Å². The molecule has 2 aromatic rings. The minimum atomic E-state index is -2.37. The maximum Gasteiger partial charge on any atom is 0.278 e. The number of carbonyl (C=O) groups excluding carboxylic acids is 1. The lowest BCUT2D eigenvalue weighted by atomic mass is 10.2. The van der Waals surface area contributed by atoms with Crippen LogP contribution in [0.4, 0.5) is 8.78 Å². The van der Waals surface area contributed by atoms with E-state index >= 15 is 0 Å². The standard InChI is InChI=1S/C16H16F2N6OS/c17-14(18)10-6-11(10)20-7-12(22-19)15(25)21-8-13-23-24-16(26-13)9-4-2-1-3-5-9/h1-5,7,10-11,14H,6,8,19H2,(H,21,25)/p+1/b20-7?,22-12+. The van der Waals surface area contributed by atoms with Crippen LogP contribution in [0.5, 0.6) is 0 Å². The number of nitrogens with one attached hydrogen (secondary N) is 2. The van der Waals surface area contributed by atoms with E-state index < -0.39 is 18.3 Å². The Bertz CT molecular complexity index is 823. The third kappa shape index (κ3) is 4.45. The average molecular weight is 379 g/mol. The molecule has 1 heterocycles. The first-order valence-corrected chi connectivity index (χ1v) is 8.71. The van der Waals surface area contributed by atoms with Gasteiger partial charge >= 0.3 is 0 Å². The van der Waals surface area contributed by atoms with Gasteiger partial charge in [0.2, 0.25) is 12.1 Å². The number of amides is 1. The maximum absolute atomic E-state index is 12.5. The van der Waals surface area contributed by atoms with Crippen LogP contribution >= 0.6 is 11.3 Å². The first kappa shape index (κ1) is 18.1. The van der Waals surface area contributed by atoms with Gasteiger partial charge < -0.3 is 11.2 Å². The molecule has 1 aromatic heterocycles. The largest absolute Gasteiger partial charge is 0.344 e. The van der Waals surface area contributed by atoms with Crippen molar-refractivity contribution in [1.82, 2.24) is 15.5 Å². The summed E-state index contributed by atoms with van der Waals surface area (Å²) in [5.41, 5.74) is 0.875. The van der Waals surface area contributed by atoms with Crippen LogP contribution in [-0.2, 0) is 11.3 Å². The van der Waals surface area contributed by atoms with Crippen molar-refractivity contribution in [2.75, 3.05) is 0 Å². The minimum Gasteiger partial charge on any atom is -0.344 e. The number of rotatable bonds is 7. The van der Waals surface area contributed by atoms with Crippen LogP contribution in [0.2, 0.25) is 0 Å². The average Bonchev–Trinajstić information content (AvgIpc) is 3.29. The lowest BCUT2D eigenvalue weighted by Crippen LogP contribution is -2.73. The van der Waals surface area contributed by atoms with Gasteiger partial charge in [-0.05, 0) is 0 Å². The molecule has 4 N–H and O–H groups in total. The van der Waals surface area contributed by atoms with E-state index in [1.165, 1.54) is 17.6 Å². The number of aromatic nitrogens is 2. The Hall–Kier alpha value is -2.75. The topological polar surface area (TPSA) is 107 Å². The van der Waals surface area contributed by atoms with Crippen LogP contribution in [-0.4, -0.2) is 40.5 Å². The van der Waals surface area contributed by atoms with Crippen molar-refractivity contribution in [2.24, 2.45) is 16.9 Å². The quantitative estimate of drug-likeness (QED) is 0.356. The fourth-order valence-corrected chi connectivity index (χ4v) is 3.09. The van der Waals surface area contributed by atoms with Gasteiger partial charge in [0.25, 0.3) is 5.91 Å². The highest BCUT2D eigenvalue weighted by Crippen LogP contribution is 2.32. The van der Waals surface area contributed by atoms with E-state index in [2.05, 4.69) is 25.6 Å². The van der Waals surface area contributed by atoms with Gasteiger partial charge in [-0.15, -0.1) is 10.2 Å². The lowest BCUT2D eigenvalue weighted by Gasteiger charge is -1.99. The number of alkyl halides is 2. The molecule has 0 bridgehead atoms. The molecule has 7 nitrogen and oxygen atoms in total. The van der Waals surface area contributed by atoms with Crippen LogP contribution in [0.1, 0.15) is 11.4 Å². The van der Waals surface area contributed by atoms with Gasteiger partial charge in [0.15, 0.2) is 12.3 Å². The highest BCUT2D eigenvalue weighted by Gasteiger charge is 2.49. The molecule has 1 fully saturated rings. The van der Waals surface area contributed by atoms with Crippen LogP contribution in [0, 0.1) is 5.92 Å². The van der Waals surface area contributed by atoms with E-state index in [-0.39, 0.29) is 18.3 Å². The van der Waals surface area contributed by atoms with E-state index in [9.17, 15) is 13.6 Å². The number of hydrogen-bond acceptors (Lipinski definition) is 6. The van der Waals surface area contributed by atoms with Crippen LogP contribution in [0.15, 0.2) is 35.4 Å². The maximum atomic E-state index is 12.5. The summed E-state index contributed by atoms with van der Waals surface area (Å²) in [6, 6.07) is 9.22. The second kappa shape index (κ2) is 8.09. The number of carbonyl (C=O) groups is 1. The zero-order valence-corrected chi connectivity index (χ0v) is 14.4. The van der Waals surface area contributed by atoms with E-state index in [1.807, 2.05) is 30.3 Å². The molecule has 1 amide bonds. The van der Waals surface area contributed by atoms with Crippen molar-refractivity contribution in [2.45, 2.75) is 25.4 Å². The van der Waals surface area contributed by atoms with E-state index in [0.717, 1.165) is 10.6 Å². The molecule has 136 valence electrons. The first-order valence-electron chi connectivity index (χ1n) is 7.89. The molecule has 0 radical (unpaired) electrons. The Balaban J connectivity index is 1.53. The molecule has 1 saturated carbocycles. The number of nitrogens with two attached hydrogens (primary N) is 1. The van der Waals surface area contributed by atoms with Crippen molar-refractivity contribution < 1.29 is 18.6 Å². The van der Waals surface area contributed by atoms with Gasteiger partial charge in [-0.25, -0.2) is 13.8 Å². The number of benzene rings is 1. The molecule has 2 unspecified atom stereocenters. The van der Waals surface area contributed by atoms with E-state index in [0.29, 0.717) is 11.4 Å². The number of hydrazone groups is 1. The monoisotopic (exact) mass is 379 g/mol. The molecule has 3 rings (SSSR count). The van der Waals surface area contributed by atoms with Crippen molar-refractivity contribution in [1.29, 1.82) is 0 Å². The molecule has 10 heteroatoms. The molecule has 0 spiro atoms. The zero-order valence-electron chi connectivity index (χ0n) is 13.6. The molecular formula is C16H17F2N6OS+. The van der Waals surface area contributed by atoms with Crippen molar-refractivity contribution >= 4 is 29.2 Å². The fraction of sp³-hybridized carbons (Fsp3) is 0.312. The van der Waals surface area contributed by atoms with Crippen molar-refractivity contribution in [3.63, 3.8) is 0 Å². The van der Waals surface area contributed by atoms with Gasteiger partial charge in [-0.1, -0.05) is 41.7 Å². The molecule has 2 atom stereocenters. The summed E-state index contributed by atoms with van der Waals surface area (Å²) in [5.74, 6) is 3.99. The summed E-state index contributed by atoms with van der Waals surface area (Å²) in [6.45, 7) is 0.166. The SMILES string of the molecule is N/N=C(\C=[NH+]C1CC1C(F)F)C(=O)NCc1nnc(-c2ccccc2)s1. The number of nitrogens with zero attached hydrogens (tertiary/aromatic N) is 3. The van der Waals surface area contributed by atoms with Crippen LogP contribution < -0.4 is 16.2 Å². The van der Waals surface area contributed by atoms with Gasteiger partial charge in [-0.2, -0.15) is 5.10 Å². The normalized spacial score (nSPS) is 19.9. The predicted octanol–water partition coefficient (Wildman–Crippen LogP) is -0.0590. The molecule has 1 aromatic carbocycles. The third-order valence-electron chi connectivity index (χ3n) is 3.86. The fourth-order valence-electron chi connectivity index (χ4n) is 2.30. The van der Waals surface area contributed by atoms with Crippen molar-refractivity contribution in [3.05, 3.63) is 35.3 Å². The molecule has 26 heavy (non-hydrogen) atoms. The van der Waals surface area contributed by atoms with Gasteiger partial charge in [0, 0.05) is 12.0 Å². The Labute approximate surface area is 152 Å². The van der Waals surface area contributed by atoms with Gasteiger partial charge in [0.05, 0.1) is 12.5 Å².